The quantitative estimate of drug-likeness (QED) is 0.258. The van der Waals surface area contributed by atoms with Crippen LogP contribution in [0.3, 0.4) is 0 Å². The van der Waals surface area contributed by atoms with Crippen molar-refractivity contribution in [1.82, 2.24) is 4.98 Å². The van der Waals surface area contributed by atoms with Gasteiger partial charge in [-0.15, -0.1) is 11.3 Å². The summed E-state index contributed by atoms with van der Waals surface area (Å²) in [5.74, 6) is 0. The van der Waals surface area contributed by atoms with Gasteiger partial charge in [0.25, 0.3) is 0 Å². The molecule has 0 spiro atoms. The van der Waals surface area contributed by atoms with E-state index in [4.69, 9.17) is 33.3 Å². The Balaban J connectivity index is 1.31. The fourth-order valence-corrected chi connectivity index (χ4v) is 6.03. The van der Waals surface area contributed by atoms with Crippen molar-refractivity contribution < 1.29 is 0 Å². The maximum Gasteiger partial charge on any atom is 0.207 e. The average Bonchev–Trinajstić information content (AvgIpc) is 3.58. The van der Waals surface area contributed by atoms with E-state index in [2.05, 4.69) is 51.7 Å². The summed E-state index contributed by atoms with van der Waals surface area (Å²) in [6.07, 6.45) is 4.69. The molecule has 4 aromatic rings. The highest BCUT2D eigenvalue weighted by Gasteiger charge is 2.32. The second-order valence-electron chi connectivity index (χ2n) is 9.28. The lowest BCUT2D eigenvalue weighted by Crippen LogP contribution is -2.29. The number of nitrogens with zero attached hydrogens (tertiary/aromatic N) is 4. The second-order valence-corrected chi connectivity index (χ2v) is 11.0. The Bertz CT molecular complexity index is 1360. The zero-order valence-corrected chi connectivity index (χ0v) is 22.1. The number of benzene rings is 3. The van der Waals surface area contributed by atoms with Crippen molar-refractivity contribution in [3.05, 3.63) is 99.3 Å². The van der Waals surface area contributed by atoms with Crippen molar-refractivity contribution in [2.24, 2.45) is 5.10 Å². The summed E-state index contributed by atoms with van der Waals surface area (Å²) in [5.41, 5.74) is 6.68. The number of hydrazone groups is 1. The first-order valence-electron chi connectivity index (χ1n) is 12.3. The molecule has 6 rings (SSSR count). The molecule has 36 heavy (non-hydrogen) atoms. The Morgan fingerprint density at radius 1 is 0.750 bits per heavy atom. The maximum absolute atomic E-state index is 6.19. The van der Waals surface area contributed by atoms with Crippen LogP contribution < -0.4 is 9.91 Å². The minimum Gasteiger partial charge on any atom is -0.372 e. The minimum absolute atomic E-state index is 0.0586. The molecule has 1 atom stereocenters. The largest absolute Gasteiger partial charge is 0.372 e. The third kappa shape index (κ3) is 4.88. The standard InChI is InChI=1S/C29H26Cl2N4S/c30-23-10-4-21(5-11-23)27-19-36-29(32-27)35-28(22-6-12-24(31)13-7-22)18-26(33-35)20-8-14-25(15-9-20)34-16-2-1-3-17-34/h4-15,19,28H,1-3,16-18H2. The van der Waals surface area contributed by atoms with Gasteiger partial charge in [-0.25, -0.2) is 9.99 Å². The molecule has 0 saturated carbocycles. The van der Waals surface area contributed by atoms with Crippen molar-refractivity contribution in [3.63, 3.8) is 0 Å². The Labute approximate surface area is 225 Å². The van der Waals surface area contributed by atoms with Crippen LogP contribution in [0.5, 0.6) is 0 Å². The molecule has 1 unspecified atom stereocenters. The predicted octanol–water partition coefficient (Wildman–Crippen LogP) is 8.46. The lowest BCUT2D eigenvalue weighted by atomic mass is 9.98. The molecule has 0 N–H and O–H groups in total. The molecule has 0 bridgehead atoms. The topological polar surface area (TPSA) is 31.7 Å². The van der Waals surface area contributed by atoms with Gasteiger partial charge in [-0.2, -0.15) is 5.10 Å². The summed E-state index contributed by atoms with van der Waals surface area (Å²) in [5, 5.41) is 11.6. The number of anilines is 2. The number of thiazole rings is 1. The van der Waals surface area contributed by atoms with Crippen molar-refractivity contribution in [3.8, 4) is 11.3 Å². The maximum atomic E-state index is 6.19. The molecule has 4 nitrogen and oxygen atoms in total. The fraction of sp³-hybridized carbons (Fsp3) is 0.241. The predicted molar refractivity (Wildman–Crippen MR) is 153 cm³/mol. The van der Waals surface area contributed by atoms with E-state index in [0.29, 0.717) is 0 Å². The zero-order chi connectivity index (χ0) is 24.5. The third-order valence-corrected chi connectivity index (χ3v) is 8.25. The fourth-order valence-electron chi connectivity index (χ4n) is 4.95. The lowest BCUT2D eigenvalue weighted by Gasteiger charge is -2.28. The van der Waals surface area contributed by atoms with Crippen molar-refractivity contribution in [1.29, 1.82) is 0 Å². The Morgan fingerprint density at radius 2 is 1.39 bits per heavy atom. The van der Waals surface area contributed by atoms with E-state index < -0.39 is 0 Å². The van der Waals surface area contributed by atoms with Crippen LogP contribution in [-0.2, 0) is 0 Å². The summed E-state index contributed by atoms with van der Waals surface area (Å²) < 4.78 is 0. The molecule has 0 amide bonds. The minimum atomic E-state index is 0.0586. The Kier molecular flexibility index (Phi) is 6.70. The first-order valence-corrected chi connectivity index (χ1v) is 14.0. The summed E-state index contributed by atoms with van der Waals surface area (Å²) in [4.78, 5) is 7.44. The van der Waals surface area contributed by atoms with E-state index in [1.165, 1.54) is 30.5 Å². The molecule has 0 aliphatic carbocycles. The monoisotopic (exact) mass is 532 g/mol. The number of hydrogen-bond donors (Lipinski definition) is 0. The number of rotatable bonds is 5. The van der Waals surface area contributed by atoms with E-state index in [9.17, 15) is 0 Å². The van der Waals surface area contributed by atoms with Gasteiger partial charge in [0.1, 0.15) is 0 Å². The number of halogens is 2. The smallest absolute Gasteiger partial charge is 0.207 e. The highest BCUT2D eigenvalue weighted by Crippen LogP contribution is 2.40. The Hall–Kier alpha value is -2.86. The highest BCUT2D eigenvalue weighted by atomic mass is 35.5. The second kappa shape index (κ2) is 10.3. The summed E-state index contributed by atoms with van der Waals surface area (Å²) >= 11 is 13.9. The van der Waals surface area contributed by atoms with Gasteiger partial charge in [0.05, 0.1) is 17.4 Å². The van der Waals surface area contributed by atoms with Crippen LogP contribution >= 0.6 is 34.5 Å². The Morgan fingerprint density at radius 3 is 2.08 bits per heavy atom. The van der Waals surface area contributed by atoms with Crippen molar-refractivity contribution in [2.45, 2.75) is 31.7 Å². The van der Waals surface area contributed by atoms with Crippen molar-refractivity contribution >= 4 is 51.1 Å². The average molecular weight is 534 g/mol. The van der Waals surface area contributed by atoms with Gasteiger partial charge in [0.15, 0.2) is 0 Å². The van der Waals surface area contributed by atoms with Crippen LogP contribution in [0, 0.1) is 0 Å². The van der Waals surface area contributed by atoms with E-state index in [0.717, 1.165) is 57.2 Å². The summed E-state index contributed by atoms with van der Waals surface area (Å²) in [6, 6.07) is 24.8. The molecule has 2 aliphatic heterocycles. The van der Waals surface area contributed by atoms with E-state index in [-0.39, 0.29) is 6.04 Å². The van der Waals surface area contributed by atoms with Gasteiger partial charge in [0, 0.05) is 46.2 Å². The lowest BCUT2D eigenvalue weighted by molar-refractivity contribution is 0.578. The summed E-state index contributed by atoms with van der Waals surface area (Å²) in [7, 11) is 0. The van der Waals surface area contributed by atoms with Crippen LogP contribution in [0.4, 0.5) is 10.8 Å². The first kappa shape index (κ1) is 23.5. The van der Waals surface area contributed by atoms with Crippen LogP contribution in [0.1, 0.15) is 42.9 Å². The number of piperidine rings is 1. The molecule has 7 heteroatoms. The molecule has 3 heterocycles. The number of aromatic nitrogens is 1. The highest BCUT2D eigenvalue weighted by molar-refractivity contribution is 7.14. The molecule has 1 saturated heterocycles. The van der Waals surface area contributed by atoms with Crippen LogP contribution in [0.2, 0.25) is 10.0 Å². The molecule has 0 radical (unpaired) electrons. The van der Waals surface area contributed by atoms with E-state index >= 15 is 0 Å². The summed E-state index contributed by atoms with van der Waals surface area (Å²) in [6.45, 7) is 2.29. The molecule has 182 valence electrons. The van der Waals surface area contributed by atoms with Crippen LogP contribution in [-0.4, -0.2) is 23.8 Å². The van der Waals surface area contributed by atoms with Crippen LogP contribution in [0.25, 0.3) is 11.3 Å². The third-order valence-electron chi connectivity index (χ3n) is 6.91. The SMILES string of the molecule is Clc1ccc(-c2csc(N3N=C(c4ccc(N5CCCCC5)cc4)CC3c3ccc(Cl)cc3)n2)cc1. The van der Waals surface area contributed by atoms with E-state index in [1.807, 2.05) is 36.4 Å². The van der Waals surface area contributed by atoms with Gasteiger partial charge in [0.2, 0.25) is 5.13 Å². The van der Waals surface area contributed by atoms with Crippen molar-refractivity contribution in [2.75, 3.05) is 23.0 Å². The molecular formula is C29H26Cl2N4S. The first-order chi connectivity index (χ1) is 17.6. The molecule has 1 aromatic heterocycles. The van der Waals surface area contributed by atoms with Gasteiger partial charge >= 0.3 is 0 Å². The molecule has 2 aliphatic rings. The van der Waals surface area contributed by atoms with Crippen LogP contribution in [0.15, 0.2) is 83.3 Å². The molecule has 1 fully saturated rings. The van der Waals surface area contributed by atoms with Gasteiger partial charge < -0.3 is 4.90 Å². The van der Waals surface area contributed by atoms with Gasteiger partial charge in [-0.3, -0.25) is 0 Å². The van der Waals surface area contributed by atoms with Gasteiger partial charge in [-0.05, 0) is 66.8 Å². The molecule has 3 aromatic carbocycles. The van der Waals surface area contributed by atoms with Gasteiger partial charge in [-0.1, -0.05) is 59.6 Å². The number of hydrogen-bond acceptors (Lipinski definition) is 5. The zero-order valence-electron chi connectivity index (χ0n) is 19.8. The normalized spacial score (nSPS) is 17.9. The van der Waals surface area contributed by atoms with E-state index in [1.54, 1.807) is 11.3 Å². The molecular weight excluding hydrogens is 507 g/mol.